The Balaban J connectivity index is 1.74. The first kappa shape index (κ1) is 16.5. The van der Waals surface area contributed by atoms with Gasteiger partial charge in [-0.15, -0.1) is 0 Å². The monoisotopic (exact) mass is 320 g/mol. The smallest absolute Gasteiger partial charge is 0.344 e. The van der Waals surface area contributed by atoms with E-state index in [1.165, 1.54) is 32.1 Å². The van der Waals surface area contributed by atoms with E-state index < -0.39 is 11.9 Å². The first-order chi connectivity index (χ1) is 10.9. The average molecular weight is 320 g/mol. The van der Waals surface area contributed by atoms with Crippen molar-refractivity contribution < 1.29 is 19.1 Å². The van der Waals surface area contributed by atoms with Crippen LogP contribution in [0.1, 0.15) is 52.4 Å². The largest absolute Gasteiger partial charge is 0.456 e. The zero-order valence-electron chi connectivity index (χ0n) is 14.3. The Kier molecular flexibility index (Phi) is 4.52. The van der Waals surface area contributed by atoms with Gasteiger partial charge in [0, 0.05) is 6.08 Å². The lowest BCUT2D eigenvalue weighted by Gasteiger charge is -2.60. The molecule has 0 unspecified atom stereocenters. The molecule has 4 heteroatoms. The van der Waals surface area contributed by atoms with Crippen molar-refractivity contribution in [3.63, 3.8) is 0 Å². The summed E-state index contributed by atoms with van der Waals surface area (Å²) >= 11 is 0. The van der Waals surface area contributed by atoms with Gasteiger partial charge in [-0.25, -0.2) is 9.59 Å². The summed E-state index contributed by atoms with van der Waals surface area (Å²) in [7, 11) is 0. The number of esters is 2. The van der Waals surface area contributed by atoms with Crippen LogP contribution >= 0.6 is 0 Å². The van der Waals surface area contributed by atoms with Gasteiger partial charge in [0.2, 0.25) is 0 Å². The lowest BCUT2D eigenvalue weighted by molar-refractivity contribution is -0.217. The standard InChI is InChI=1S/C19H28O4/c1-4-17(20)22-11-18(21)23-19(10-12(2)3)15-6-13-5-14(8-15)9-16(19)7-13/h4,12-16H,1,5-11H2,2-3H3. The summed E-state index contributed by atoms with van der Waals surface area (Å²) in [5.74, 6) is 2.12. The summed E-state index contributed by atoms with van der Waals surface area (Å²) in [6, 6.07) is 0. The van der Waals surface area contributed by atoms with Crippen LogP contribution in [0.5, 0.6) is 0 Å². The number of ether oxygens (including phenoxy) is 2. The Hall–Kier alpha value is -1.32. The van der Waals surface area contributed by atoms with Gasteiger partial charge in [0.05, 0.1) is 0 Å². The first-order valence-electron chi connectivity index (χ1n) is 8.94. The summed E-state index contributed by atoms with van der Waals surface area (Å²) in [5.41, 5.74) is -0.334. The van der Waals surface area contributed by atoms with Gasteiger partial charge in [0.15, 0.2) is 6.61 Å². The lowest BCUT2D eigenvalue weighted by atomic mass is 9.48. The highest BCUT2D eigenvalue weighted by Crippen LogP contribution is 2.61. The molecule has 0 aromatic carbocycles. The molecular weight excluding hydrogens is 292 g/mol. The van der Waals surface area contributed by atoms with E-state index in [1.807, 2.05) is 0 Å². The molecule has 4 rings (SSSR count). The second-order valence-electron chi connectivity index (χ2n) is 8.14. The van der Waals surface area contributed by atoms with Crippen molar-refractivity contribution in [2.45, 2.75) is 58.0 Å². The molecule has 4 saturated carbocycles. The van der Waals surface area contributed by atoms with Crippen molar-refractivity contribution in [1.29, 1.82) is 0 Å². The molecule has 23 heavy (non-hydrogen) atoms. The highest BCUT2D eigenvalue weighted by Gasteiger charge is 2.59. The van der Waals surface area contributed by atoms with Crippen LogP contribution in [0.25, 0.3) is 0 Å². The average Bonchev–Trinajstić information content (AvgIpc) is 2.48. The fourth-order valence-corrected chi connectivity index (χ4v) is 5.59. The molecule has 4 nitrogen and oxygen atoms in total. The van der Waals surface area contributed by atoms with E-state index in [9.17, 15) is 9.59 Å². The molecule has 0 saturated heterocycles. The van der Waals surface area contributed by atoms with E-state index in [0.29, 0.717) is 17.8 Å². The predicted molar refractivity (Wildman–Crippen MR) is 86.5 cm³/mol. The van der Waals surface area contributed by atoms with Crippen LogP contribution in [0.4, 0.5) is 0 Å². The summed E-state index contributed by atoms with van der Waals surface area (Å²) in [4.78, 5) is 23.5. The molecule has 0 heterocycles. The summed E-state index contributed by atoms with van der Waals surface area (Å²) in [6.45, 7) is 7.42. The van der Waals surface area contributed by atoms with Crippen LogP contribution in [0.3, 0.4) is 0 Å². The highest BCUT2D eigenvalue weighted by atomic mass is 16.6. The van der Waals surface area contributed by atoms with Crippen LogP contribution in [0.2, 0.25) is 0 Å². The van der Waals surface area contributed by atoms with Crippen molar-refractivity contribution >= 4 is 11.9 Å². The molecule has 4 bridgehead atoms. The maximum absolute atomic E-state index is 12.3. The third kappa shape index (κ3) is 3.17. The van der Waals surface area contributed by atoms with Crippen LogP contribution < -0.4 is 0 Å². The zero-order valence-corrected chi connectivity index (χ0v) is 14.3. The Labute approximate surface area is 138 Å². The molecule has 4 aliphatic rings. The molecule has 0 aromatic rings. The molecule has 0 aromatic heterocycles. The van der Waals surface area contributed by atoms with E-state index in [0.717, 1.165) is 24.3 Å². The Morgan fingerprint density at radius 1 is 1.13 bits per heavy atom. The molecule has 0 atom stereocenters. The minimum absolute atomic E-state index is 0.309. The van der Waals surface area contributed by atoms with Gasteiger partial charge < -0.3 is 9.47 Å². The van der Waals surface area contributed by atoms with Gasteiger partial charge in [0.25, 0.3) is 0 Å². The minimum atomic E-state index is -0.579. The van der Waals surface area contributed by atoms with Crippen LogP contribution in [-0.4, -0.2) is 24.1 Å². The van der Waals surface area contributed by atoms with Crippen LogP contribution in [0, 0.1) is 29.6 Å². The van der Waals surface area contributed by atoms with Crippen molar-refractivity contribution in [3.05, 3.63) is 12.7 Å². The van der Waals surface area contributed by atoms with Gasteiger partial charge in [0.1, 0.15) is 5.60 Å². The van der Waals surface area contributed by atoms with Crippen LogP contribution in [-0.2, 0) is 19.1 Å². The molecule has 0 spiro atoms. The summed E-state index contributed by atoms with van der Waals surface area (Å²) in [5, 5.41) is 0. The number of carbonyl (C=O) groups excluding carboxylic acids is 2. The summed E-state index contributed by atoms with van der Waals surface area (Å²) in [6.07, 6.45) is 8.14. The molecule has 4 aliphatic carbocycles. The number of carbonyl (C=O) groups is 2. The summed E-state index contributed by atoms with van der Waals surface area (Å²) < 4.78 is 10.9. The van der Waals surface area contributed by atoms with Gasteiger partial charge >= 0.3 is 11.9 Å². The van der Waals surface area contributed by atoms with Gasteiger partial charge in [-0.3, -0.25) is 0 Å². The van der Waals surface area contributed by atoms with Crippen molar-refractivity contribution in [2.24, 2.45) is 29.6 Å². The molecular formula is C19H28O4. The normalized spacial score (nSPS) is 37.7. The SMILES string of the molecule is C=CC(=O)OCC(=O)OC1(CC(C)C)C2CC3CC(C2)CC1C3. The van der Waals surface area contributed by atoms with E-state index in [2.05, 4.69) is 20.4 Å². The second kappa shape index (κ2) is 6.29. The second-order valence-corrected chi connectivity index (χ2v) is 8.14. The first-order valence-corrected chi connectivity index (χ1v) is 8.94. The van der Waals surface area contributed by atoms with Crippen molar-refractivity contribution in [3.8, 4) is 0 Å². The lowest BCUT2D eigenvalue weighted by Crippen LogP contribution is -2.60. The van der Waals surface area contributed by atoms with E-state index in [1.54, 1.807) is 0 Å². The maximum Gasteiger partial charge on any atom is 0.344 e. The van der Waals surface area contributed by atoms with E-state index >= 15 is 0 Å². The number of hydrogen-bond donors (Lipinski definition) is 0. The predicted octanol–water partition coefficient (Wildman–Crippen LogP) is 3.50. The Bertz CT molecular complexity index is 466. The molecule has 4 fully saturated rings. The molecule has 128 valence electrons. The minimum Gasteiger partial charge on any atom is -0.456 e. The molecule has 0 radical (unpaired) electrons. The topological polar surface area (TPSA) is 52.6 Å². The third-order valence-corrected chi connectivity index (χ3v) is 6.05. The quantitative estimate of drug-likeness (QED) is 0.555. The van der Waals surface area contributed by atoms with Crippen LogP contribution in [0.15, 0.2) is 12.7 Å². The number of rotatable bonds is 6. The molecule has 0 N–H and O–H groups in total. The zero-order chi connectivity index (χ0) is 16.6. The van der Waals surface area contributed by atoms with Crippen molar-refractivity contribution in [1.82, 2.24) is 0 Å². The van der Waals surface area contributed by atoms with Gasteiger partial charge in [-0.1, -0.05) is 20.4 Å². The van der Waals surface area contributed by atoms with E-state index in [4.69, 9.17) is 9.47 Å². The highest BCUT2D eigenvalue weighted by molar-refractivity contribution is 5.83. The maximum atomic E-state index is 12.3. The Morgan fingerprint density at radius 2 is 1.70 bits per heavy atom. The molecule has 0 aliphatic heterocycles. The Morgan fingerprint density at radius 3 is 2.17 bits per heavy atom. The fourth-order valence-electron chi connectivity index (χ4n) is 5.59. The third-order valence-electron chi connectivity index (χ3n) is 6.05. The van der Waals surface area contributed by atoms with Gasteiger partial charge in [-0.05, 0) is 68.1 Å². The van der Waals surface area contributed by atoms with Crippen molar-refractivity contribution in [2.75, 3.05) is 6.61 Å². The molecule has 0 amide bonds. The van der Waals surface area contributed by atoms with Gasteiger partial charge in [-0.2, -0.15) is 0 Å². The number of hydrogen-bond acceptors (Lipinski definition) is 4. The fraction of sp³-hybridized carbons (Fsp3) is 0.789. The van der Waals surface area contributed by atoms with E-state index in [-0.39, 0.29) is 12.2 Å².